The number of unbranched alkanes of at least 4 members (excludes halogenated alkanes) is 1. The summed E-state index contributed by atoms with van der Waals surface area (Å²) < 4.78 is 0. The molecule has 0 radical (unpaired) electrons. The van der Waals surface area contributed by atoms with Crippen molar-refractivity contribution < 1.29 is 0 Å². The highest BCUT2D eigenvalue weighted by atomic mass is 15.3. The van der Waals surface area contributed by atoms with Crippen LogP contribution in [0, 0.1) is 0 Å². The van der Waals surface area contributed by atoms with Crippen LogP contribution >= 0.6 is 0 Å². The van der Waals surface area contributed by atoms with Crippen molar-refractivity contribution in [2.75, 3.05) is 39.3 Å². The van der Waals surface area contributed by atoms with Gasteiger partial charge in [0.05, 0.1) is 0 Å². The van der Waals surface area contributed by atoms with Crippen molar-refractivity contribution in [3.8, 4) is 0 Å². The summed E-state index contributed by atoms with van der Waals surface area (Å²) >= 11 is 0. The Labute approximate surface area is 176 Å². The molecular formula is C26H35N3. The van der Waals surface area contributed by atoms with Crippen LogP contribution in [0.4, 0.5) is 0 Å². The quantitative estimate of drug-likeness (QED) is 0.675. The number of hydrogen-bond acceptors (Lipinski definition) is 3. The van der Waals surface area contributed by atoms with E-state index in [2.05, 4.69) is 63.2 Å². The van der Waals surface area contributed by atoms with E-state index >= 15 is 0 Å². The van der Waals surface area contributed by atoms with Gasteiger partial charge in [-0.25, -0.2) is 0 Å². The molecule has 3 heteroatoms. The number of fused-ring (bicyclic) bond motifs is 2. The number of benzene rings is 2. The molecular weight excluding hydrogens is 354 g/mol. The molecule has 3 aliphatic rings. The van der Waals surface area contributed by atoms with Gasteiger partial charge in [0, 0.05) is 45.3 Å². The maximum absolute atomic E-state index is 2.76. The molecule has 0 aromatic heterocycles. The topological polar surface area (TPSA) is 9.72 Å². The normalized spacial score (nSPS) is 23.1. The lowest BCUT2D eigenvalue weighted by molar-refractivity contribution is 0.0865. The second-order valence-corrected chi connectivity index (χ2v) is 9.17. The van der Waals surface area contributed by atoms with Crippen molar-refractivity contribution in [1.82, 2.24) is 14.7 Å². The molecule has 0 N–H and O–H groups in total. The lowest BCUT2D eigenvalue weighted by Crippen LogP contribution is -2.48. The van der Waals surface area contributed by atoms with Crippen LogP contribution in [0.15, 0.2) is 48.5 Å². The Bertz CT molecular complexity index is 784. The minimum absolute atomic E-state index is 0.666. The second kappa shape index (κ2) is 8.99. The average Bonchev–Trinajstić information content (AvgIpc) is 3.20. The van der Waals surface area contributed by atoms with Crippen LogP contribution in [-0.2, 0) is 19.5 Å². The van der Waals surface area contributed by atoms with Gasteiger partial charge in [-0.1, -0.05) is 48.5 Å². The second-order valence-electron chi connectivity index (χ2n) is 9.17. The maximum atomic E-state index is 2.76. The van der Waals surface area contributed by atoms with Crippen molar-refractivity contribution in [3.05, 3.63) is 70.8 Å². The van der Waals surface area contributed by atoms with Gasteiger partial charge < -0.3 is 4.90 Å². The zero-order valence-corrected chi connectivity index (χ0v) is 17.7. The van der Waals surface area contributed by atoms with Crippen molar-refractivity contribution >= 4 is 0 Å². The minimum atomic E-state index is 0.666. The lowest BCUT2D eigenvalue weighted by Gasteiger charge is -2.41. The number of aryl methyl sites for hydroxylation is 1. The first-order valence-corrected chi connectivity index (χ1v) is 11.7. The molecule has 2 aromatic rings. The smallest absolute Gasteiger partial charge is 0.0352 e. The van der Waals surface area contributed by atoms with Gasteiger partial charge in [0.25, 0.3) is 0 Å². The number of rotatable bonds is 6. The molecule has 154 valence electrons. The first-order chi connectivity index (χ1) is 14.4. The molecule has 1 unspecified atom stereocenters. The first kappa shape index (κ1) is 19.3. The van der Waals surface area contributed by atoms with E-state index in [0.717, 1.165) is 13.1 Å². The number of hydrogen-bond donors (Lipinski definition) is 0. The molecule has 1 fully saturated rings. The van der Waals surface area contributed by atoms with Gasteiger partial charge in [-0.05, 0) is 67.4 Å². The molecule has 0 amide bonds. The molecule has 2 aromatic carbocycles. The first-order valence-electron chi connectivity index (χ1n) is 11.7. The van der Waals surface area contributed by atoms with Crippen LogP contribution in [-0.4, -0.2) is 54.0 Å². The summed E-state index contributed by atoms with van der Waals surface area (Å²) in [5.41, 5.74) is 6.27. The van der Waals surface area contributed by atoms with E-state index in [0.29, 0.717) is 6.04 Å². The Balaban J connectivity index is 1.03. The summed E-state index contributed by atoms with van der Waals surface area (Å²) in [6.45, 7) is 9.78. The van der Waals surface area contributed by atoms with Crippen LogP contribution < -0.4 is 0 Å². The Morgan fingerprint density at radius 1 is 0.690 bits per heavy atom. The number of nitrogens with zero attached hydrogens (tertiary/aromatic N) is 3. The van der Waals surface area contributed by atoms with Crippen LogP contribution in [0.1, 0.15) is 54.0 Å². The summed E-state index contributed by atoms with van der Waals surface area (Å²) in [7, 11) is 0. The van der Waals surface area contributed by atoms with Crippen molar-refractivity contribution in [2.45, 2.75) is 51.2 Å². The van der Waals surface area contributed by atoms with E-state index in [4.69, 9.17) is 0 Å². The van der Waals surface area contributed by atoms with Crippen LogP contribution in [0.5, 0.6) is 0 Å². The van der Waals surface area contributed by atoms with E-state index in [9.17, 15) is 0 Å². The molecule has 1 atom stereocenters. The lowest BCUT2D eigenvalue weighted by atomic mass is 9.86. The van der Waals surface area contributed by atoms with Gasteiger partial charge in [-0.3, -0.25) is 9.80 Å². The molecule has 2 aliphatic heterocycles. The standard InChI is InChI=1S/C26H35N3/c1-2-10-24-21-28(20-23(24)9-1)15-6-5-14-27-16-18-29(19-17-27)26-13-7-11-22-8-3-4-12-25(22)26/h1-4,8-10,12,26H,5-7,11,13-21H2. The third-order valence-corrected chi connectivity index (χ3v) is 7.29. The molecule has 0 spiro atoms. The van der Waals surface area contributed by atoms with E-state index in [1.54, 1.807) is 11.1 Å². The predicted octanol–water partition coefficient (Wildman–Crippen LogP) is 4.48. The van der Waals surface area contributed by atoms with Gasteiger partial charge in [0.1, 0.15) is 0 Å². The fourth-order valence-corrected chi connectivity index (χ4v) is 5.64. The Kier molecular flexibility index (Phi) is 5.98. The van der Waals surface area contributed by atoms with E-state index in [1.807, 2.05) is 0 Å². The molecule has 3 nitrogen and oxygen atoms in total. The van der Waals surface area contributed by atoms with Crippen molar-refractivity contribution in [2.24, 2.45) is 0 Å². The zero-order chi connectivity index (χ0) is 19.5. The largest absolute Gasteiger partial charge is 0.301 e. The summed E-state index contributed by atoms with van der Waals surface area (Å²) in [6, 6.07) is 18.8. The van der Waals surface area contributed by atoms with Crippen LogP contribution in [0.25, 0.3) is 0 Å². The monoisotopic (exact) mass is 389 g/mol. The zero-order valence-electron chi connectivity index (χ0n) is 17.7. The molecule has 5 rings (SSSR count). The Morgan fingerprint density at radius 2 is 1.31 bits per heavy atom. The molecule has 0 saturated carbocycles. The fourth-order valence-electron chi connectivity index (χ4n) is 5.64. The highest BCUT2D eigenvalue weighted by Crippen LogP contribution is 2.34. The summed E-state index contributed by atoms with van der Waals surface area (Å²) in [4.78, 5) is 8.07. The van der Waals surface area contributed by atoms with Gasteiger partial charge in [0.2, 0.25) is 0 Å². The summed E-state index contributed by atoms with van der Waals surface area (Å²) in [5.74, 6) is 0. The minimum Gasteiger partial charge on any atom is -0.301 e. The van der Waals surface area contributed by atoms with Gasteiger partial charge >= 0.3 is 0 Å². The van der Waals surface area contributed by atoms with E-state index in [-0.39, 0.29) is 0 Å². The van der Waals surface area contributed by atoms with Crippen molar-refractivity contribution in [3.63, 3.8) is 0 Å². The molecule has 1 aliphatic carbocycles. The third kappa shape index (κ3) is 4.42. The molecule has 1 saturated heterocycles. The van der Waals surface area contributed by atoms with E-state index < -0.39 is 0 Å². The van der Waals surface area contributed by atoms with Crippen LogP contribution in [0.3, 0.4) is 0 Å². The Hall–Kier alpha value is -1.68. The molecule has 29 heavy (non-hydrogen) atoms. The Morgan fingerprint density at radius 3 is 2.03 bits per heavy atom. The van der Waals surface area contributed by atoms with Gasteiger partial charge in [-0.15, -0.1) is 0 Å². The van der Waals surface area contributed by atoms with Gasteiger partial charge in [0.15, 0.2) is 0 Å². The fraction of sp³-hybridized carbons (Fsp3) is 0.538. The number of piperazine rings is 1. The predicted molar refractivity (Wildman–Crippen MR) is 120 cm³/mol. The highest BCUT2D eigenvalue weighted by Gasteiger charge is 2.28. The molecule has 0 bridgehead atoms. The SMILES string of the molecule is c1ccc2c(c1)CN(CCCCN1CCN(C3CCCc4ccccc43)CC1)C2. The molecule has 2 heterocycles. The third-order valence-electron chi connectivity index (χ3n) is 7.29. The maximum Gasteiger partial charge on any atom is 0.0352 e. The summed E-state index contributed by atoms with van der Waals surface area (Å²) in [6.07, 6.45) is 6.62. The summed E-state index contributed by atoms with van der Waals surface area (Å²) in [5, 5.41) is 0. The van der Waals surface area contributed by atoms with Crippen LogP contribution in [0.2, 0.25) is 0 Å². The average molecular weight is 390 g/mol. The van der Waals surface area contributed by atoms with Crippen molar-refractivity contribution in [1.29, 1.82) is 0 Å². The van der Waals surface area contributed by atoms with Gasteiger partial charge in [-0.2, -0.15) is 0 Å². The van der Waals surface area contributed by atoms with E-state index in [1.165, 1.54) is 82.5 Å². The highest BCUT2D eigenvalue weighted by molar-refractivity contribution is 5.32.